The molecule has 2 aromatic carbocycles. The number of β-amino-alcohol motifs (C(OH)–C–C–N with tert-alkyl or cyclic N) is 1. The SMILES string of the molecule is C#Cc1c(F)ccc2cc(O)cc(-c3ncc4c(N5CCOC[C@@](C)(O)C5)nc(OC[C@]56CCC[C@H]5N(CC5CCC5)CCC6)nc4c3F)c12. The largest absolute Gasteiger partial charge is 0.508 e. The lowest BCUT2D eigenvalue weighted by atomic mass is 9.74. The van der Waals surface area contributed by atoms with Crippen molar-refractivity contribution in [2.24, 2.45) is 11.3 Å². The van der Waals surface area contributed by atoms with Crippen molar-refractivity contribution < 1.29 is 28.5 Å². The number of halogens is 2. The molecular formula is C39H43F2N5O4. The summed E-state index contributed by atoms with van der Waals surface area (Å²) >= 11 is 0. The topological polar surface area (TPSA) is 104 Å². The summed E-state index contributed by atoms with van der Waals surface area (Å²) in [5.41, 5.74) is -1.30. The molecule has 3 atom stereocenters. The maximum atomic E-state index is 17.0. The Morgan fingerprint density at radius 3 is 2.74 bits per heavy atom. The van der Waals surface area contributed by atoms with E-state index in [9.17, 15) is 14.6 Å². The second-order valence-electron chi connectivity index (χ2n) is 15.1. The van der Waals surface area contributed by atoms with Gasteiger partial charge in [0.25, 0.3) is 0 Å². The third kappa shape index (κ3) is 5.91. The Morgan fingerprint density at radius 1 is 1.10 bits per heavy atom. The fraction of sp³-hybridized carbons (Fsp3) is 0.513. The van der Waals surface area contributed by atoms with Crippen molar-refractivity contribution in [2.75, 3.05) is 50.9 Å². The number of hydrogen-bond donors (Lipinski definition) is 2. The van der Waals surface area contributed by atoms with Crippen molar-refractivity contribution in [1.82, 2.24) is 19.9 Å². The first-order chi connectivity index (χ1) is 24.1. The third-order valence-corrected chi connectivity index (χ3v) is 11.5. The molecule has 0 radical (unpaired) electrons. The van der Waals surface area contributed by atoms with Crippen LogP contribution in [0.3, 0.4) is 0 Å². The Bertz CT molecular complexity index is 2000. The molecule has 2 aliphatic heterocycles. The fourth-order valence-corrected chi connectivity index (χ4v) is 8.90. The van der Waals surface area contributed by atoms with Crippen LogP contribution in [0.15, 0.2) is 30.5 Å². The maximum absolute atomic E-state index is 17.0. The number of aromatic hydroxyl groups is 1. The summed E-state index contributed by atoms with van der Waals surface area (Å²) in [4.78, 5) is 18.6. The Balaban J connectivity index is 1.23. The van der Waals surface area contributed by atoms with Gasteiger partial charge in [-0.15, -0.1) is 6.42 Å². The number of ether oxygens (including phenoxy) is 2. The molecule has 11 heteroatoms. The Morgan fingerprint density at radius 2 is 1.94 bits per heavy atom. The van der Waals surface area contributed by atoms with E-state index in [0.29, 0.717) is 42.4 Å². The zero-order valence-corrected chi connectivity index (χ0v) is 28.4. The highest BCUT2D eigenvalue weighted by Crippen LogP contribution is 2.49. The lowest BCUT2D eigenvalue weighted by Gasteiger charge is -2.48. The van der Waals surface area contributed by atoms with Crippen molar-refractivity contribution in [3.63, 3.8) is 0 Å². The van der Waals surface area contributed by atoms with Gasteiger partial charge >= 0.3 is 6.01 Å². The van der Waals surface area contributed by atoms with E-state index in [1.165, 1.54) is 49.7 Å². The second kappa shape index (κ2) is 12.9. The van der Waals surface area contributed by atoms with Crippen molar-refractivity contribution in [3.8, 4) is 35.4 Å². The molecule has 0 spiro atoms. The smallest absolute Gasteiger partial charge is 0.319 e. The van der Waals surface area contributed by atoms with E-state index in [1.54, 1.807) is 6.92 Å². The third-order valence-electron chi connectivity index (χ3n) is 11.5. The number of terminal acetylenes is 1. The normalized spacial score (nSPS) is 26.1. The van der Waals surface area contributed by atoms with E-state index in [0.717, 1.165) is 51.1 Å². The lowest BCUT2D eigenvalue weighted by Crippen LogP contribution is -2.53. The molecule has 8 rings (SSSR count). The van der Waals surface area contributed by atoms with Gasteiger partial charge in [0, 0.05) is 41.7 Å². The molecule has 2 saturated carbocycles. The molecule has 2 aromatic heterocycles. The molecule has 0 bridgehead atoms. The lowest BCUT2D eigenvalue weighted by molar-refractivity contribution is -0.0135. The second-order valence-corrected chi connectivity index (χ2v) is 15.1. The number of phenols is 1. The Labute approximate surface area is 290 Å². The van der Waals surface area contributed by atoms with E-state index < -0.39 is 17.2 Å². The van der Waals surface area contributed by atoms with Crippen LogP contribution < -0.4 is 9.64 Å². The molecule has 4 aromatic rings. The minimum atomic E-state index is -1.18. The van der Waals surface area contributed by atoms with Crippen LogP contribution in [-0.4, -0.2) is 87.7 Å². The summed E-state index contributed by atoms with van der Waals surface area (Å²) < 4.78 is 44.1. The summed E-state index contributed by atoms with van der Waals surface area (Å²) in [5, 5.41) is 22.7. The highest BCUT2D eigenvalue weighted by Gasteiger charge is 2.49. The van der Waals surface area contributed by atoms with E-state index in [2.05, 4.69) is 20.8 Å². The number of aliphatic hydroxyl groups is 1. The first-order valence-electron chi connectivity index (χ1n) is 17.9. The number of fused-ring (bicyclic) bond motifs is 3. The van der Waals surface area contributed by atoms with E-state index in [1.807, 2.05) is 4.90 Å². The van der Waals surface area contributed by atoms with Crippen molar-refractivity contribution in [1.29, 1.82) is 0 Å². The minimum absolute atomic E-state index is 0.0290. The molecule has 50 heavy (non-hydrogen) atoms. The van der Waals surface area contributed by atoms with E-state index in [4.69, 9.17) is 20.9 Å². The minimum Gasteiger partial charge on any atom is -0.508 e. The molecule has 262 valence electrons. The van der Waals surface area contributed by atoms with Crippen LogP contribution in [0.25, 0.3) is 32.9 Å². The maximum Gasteiger partial charge on any atom is 0.319 e. The monoisotopic (exact) mass is 683 g/mol. The van der Waals surface area contributed by atoms with Crippen LogP contribution in [0.1, 0.15) is 63.9 Å². The van der Waals surface area contributed by atoms with Crippen LogP contribution in [-0.2, 0) is 4.74 Å². The van der Waals surface area contributed by atoms with Gasteiger partial charge in [-0.05, 0) is 81.5 Å². The van der Waals surface area contributed by atoms with Gasteiger partial charge in [0.15, 0.2) is 5.82 Å². The van der Waals surface area contributed by atoms with Crippen LogP contribution in [0.2, 0.25) is 0 Å². The number of piperidine rings is 1. The van der Waals surface area contributed by atoms with Crippen LogP contribution in [0.5, 0.6) is 11.8 Å². The molecule has 9 nitrogen and oxygen atoms in total. The van der Waals surface area contributed by atoms with Gasteiger partial charge in [0.1, 0.15) is 34.2 Å². The first kappa shape index (κ1) is 33.1. The number of benzene rings is 2. The van der Waals surface area contributed by atoms with E-state index >= 15 is 4.39 Å². The van der Waals surface area contributed by atoms with Gasteiger partial charge in [-0.1, -0.05) is 24.8 Å². The standard InChI is InChI=1S/C39H43F2N5O4/c1-3-27-30(40)11-10-25-17-26(47)18-28(32(25)27)34-33(41)35-29(19-42-34)36(46-15-16-49-22-38(2,48)21-46)44-37(43-35)50-23-39-12-5-9-31(39)45(14-6-13-39)20-24-7-4-8-24/h1,10-11,17-19,24,31,47-48H,4-9,12-16,20-23H2,2H3/t31-,38+,39-/m1/s1. The molecule has 2 aliphatic carbocycles. The highest BCUT2D eigenvalue weighted by atomic mass is 19.1. The highest BCUT2D eigenvalue weighted by molar-refractivity contribution is 6.03. The summed E-state index contributed by atoms with van der Waals surface area (Å²) in [6.07, 6.45) is 16.7. The number of phenolic OH excluding ortho intramolecular Hbond substituents is 1. The molecule has 0 unspecified atom stereocenters. The average molecular weight is 684 g/mol. The summed E-state index contributed by atoms with van der Waals surface area (Å²) in [7, 11) is 0. The van der Waals surface area contributed by atoms with Gasteiger partial charge in [-0.3, -0.25) is 9.88 Å². The molecule has 4 fully saturated rings. The zero-order valence-electron chi connectivity index (χ0n) is 28.4. The molecule has 2 N–H and O–H groups in total. The Hall–Kier alpha value is -4.11. The summed E-state index contributed by atoms with van der Waals surface area (Å²) in [5.74, 6) is 1.98. The fourth-order valence-electron chi connectivity index (χ4n) is 8.90. The number of nitrogens with zero attached hydrogens (tertiary/aromatic N) is 5. The van der Waals surface area contributed by atoms with Crippen LogP contribution in [0.4, 0.5) is 14.6 Å². The predicted octanol–water partition coefficient (Wildman–Crippen LogP) is 6.21. The molecule has 2 saturated heterocycles. The van der Waals surface area contributed by atoms with Crippen LogP contribution in [0, 0.1) is 35.3 Å². The van der Waals surface area contributed by atoms with E-state index in [-0.39, 0.29) is 58.1 Å². The number of rotatable bonds is 7. The Kier molecular flexibility index (Phi) is 8.53. The molecule has 0 amide bonds. The number of anilines is 1. The van der Waals surface area contributed by atoms with Gasteiger partial charge in [-0.2, -0.15) is 9.97 Å². The zero-order chi connectivity index (χ0) is 34.6. The van der Waals surface area contributed by atoms with Gasteiger partial charge in [-0.25, -0.2) is 8.78 Å². The summed E-state index contributed by atoms with van der Waals surface area (Å²) in [6.45, 7) is 5.45. The number of likely N-dealkylation sites (tertiary alicyclic amines) is 1. The quantitative estimate of drug-likeness (QED) is 0.220. The van der Waals surface area contributed by atoms with Crippen molar-refractivity contribution in [3.05, 3.63) is 47.7 Å². The molecule has 4 heterocycles. The number of aromatic nitrogens is 3. The average Bonchev–Trinajstić information content (AvgIpc) is 3.43. The van der Waals surface area contributed by atoms with Crippen molar-refractivity contribution in [2.45, 2.75) is 69.9 Å². The van der Waals surface area contributed by atoms with Crippen molar-refractivity contribution >= 4 is 27.5 Å². The first-order valence-corrected chi connectivity index (χ1v) is 17.9. The summed E-state index contributed by atoms with van der Waals surface area (Å²) in [6, 6.07) is 5.97. The van der Waals surface area contributed by atoms with Crippen LogP contribution >= 0.6 is 0 Å². The number of pyridine rings is 1. The number of hydrogen-bond acceptors (Lipinski definition) is 9. The molecule has 4 aliphatic rings. The predicted molar refractivity (Wildman–Crippen MR) is 187 cm³/mol. The van der Waals surface area contributed by atoms with Gasteiger partial charge in [0.05, 0.1) is 37.3 Å². The molecular weight excluding hydrogens is 640 g/mol. The van der Waals surface area contributed by atoms with Gasteiger partial charge in [0.2, 0.25) is 0 Å². The van der Waals surface area contributed by atoms with Gasteiger partial charge < -0.3 is 24.6 Å².